The number of hydrogen-bond donors (Lipinski definition) is 3. The predicted octanol–water partition coefficient (Wildman–Crippen LogP) is 2.08. The average molecular weight is 409 g/mol. The molecule has 1 saturated carbocycles. The second-order valence-corrected chi connectivity index (χ2v) is 9.34. The van der Waals surface area contributed by atoms with Gasteiger partial charge in [0.15, 0.2) is 6.10 Å². The minimum absolute atomic E-state index is 0.0233. The van der Waals surface area contributed by atoms with E-state index in [-0.39, 0.29) is 35.5 Å². The number of ether oxygens (including phenoxy) is 2. The van der Waals surface area contributed by atoms with Crippen LogP contribution in [0.4, 0.5) is 0 Å². The van der Waals surface area contributed by atoms with E-state index in [0.717, 1.165) is 5.57 Å². The molecule has 1 aliphatic heterocycles. The van der Waals surface area contributed by atoms with Crippen molar-refractivity contribution in [3.8, 4) is 0 Å². The Labute approximate surface area is 173 Å². The molecule has 3 rings (SSSR count). The molecule has 1 unspecified atom stereocenters. The molecule has 3 N–H and O–H groups in total. The van der Waals surface area contributed by atoms with Gasteiger partial charge in [-0.2, -0.15) is 0 Å². The summed E-state index contributed by atoms with van der Waals surface area (Å²) in [5.41, 5.74) is 1.13. The summed E-state index contributed by atoms with van der Waals surface area (Å²) in [7, 11) is 1.50. The summed E-state index contributed by atoms with van der Waals surface area (Å²) in [6.07, 6.45) is 4.06. The fourth-order valence-electron chi connectivity index (χ4n) is 5.74. The number of carbonyl (C=O) groups is 1. The Morgan fingerprint density at radius 2 is 1.83 bits per heavy atom. The Hall–Kier alpha value is -1.21. The van der Waals surface area contributed by atoms with Crippen molar-refractivity contribution in [2.45, 2.75) is 71.1 Å². The number of aliphatic hydroxyl groups excluding tert-OH is 3. The van der Waals surface area contributed by atoms with E-state index in [1.54, 1.807) is 6.92 Å². The third-order valence-electron chi connectivity index (χ3n) is 7.36. The van der Waals surface area contributed by atoms with E-state index in [1.165, 1.54) is 7.11 Å². The van der Waals surface area contributed by atoms with Crippen LogP contribution in [0, 0.1) is 35.5 Å². The summed E-state index contributed by atoms with van der Waals surface area (Å²) in [5, 5.41) is 31.6. The van der Waals surface area contributed by atoms with Crippen molar-refractivity contribution in [3.63, 3.8) is 0 Å². The molecule has 6 heteroatoms. The molecule has 1 fully saturated rings. The van der Waals surface area contributed by atoms with Crippen LogP contribution in [0.1, 0.15) is 40.5 Å². The Morgan fingerprint density at radius 1 is 1.17 bits per heavy atom. The van der Waals surface area contributed by atoms with E-state index in [0.29, 0.717) is 12.8 Å². The van der Waals surface area contributed by atoms with E-state index >= 15 is 0 Å². The maximum absolute atomic E-state index is 12.7. The maximum Gasteiger partial charge on any atom is 0.335 e. The van der Waals surface area contributed by atoms with Crippen molar-refractivity contribution in [3.05, 3.63) is 23.8 Å². The summed E-state index contributed by atoms with van der Waals surface area (Å²) in [6.45, 7) is 7.53. The molecule has 2 aliphatic carbocycles. The molecule has 164 valence electrons. The van der Waals surface area contributed by atoms with Gasteiger partial charge in [-0.15, -0.1) is 0 Å². The lowest BCUT2D eigenvalue weighted by molar-refractivity contribution is -0.170. The van der Waals surface area contributed by atoms with E-state index in [1.807, 2.05) is 13.8 Å². The number of cyclic esters (lactones) is 1. The van der Waals surface area contributed by atoms with Gasteiger partial charge in [-0.3, -0.25) is 0 Å². The van der Waals surface area contributed by atoms with Crippen molar-refractivity contribution < 1.29 is 29.6 Å². The standard InChI is InChI=1S/C23H36O6/c1-11-8-12(2)22(14(4)24)29-23(27)18(28-5)10-16-7-6-15-9-17(25)13(3)21(26)20(15)19(11)16/h6-8,12-22,24-26H,9-10H2,1-5H3/t12-,13+,14-,15+,16-,17+,18+,19?,20-,21-,22+/m1/s1. The zero-order valence-corrected chi connectivity index (χ0v) is 18.1. The first kappa shape index (κ1) is 22.5. The van der Waals surface area contributed by atoms with Gasteiger partial charge >= 0.3 is 5.97 Å². The van der Waals surface area contributed by atoms with Crippen LogP contribution in [0.25, 0.3) is 0 Å². The third-order valence-corrected chi connectivity index (χ3v) is 7.36. The van der Waals surface area contributed by atoms with Crippen LogP contribution in [0.15, 0.2) is 23.8 Å². The average Bonchev–Trinajstić information content (AvgIpc) is 2.67. The van der Waals surface area contributed by atoms with Gasteiger partial charge in [0, 0.05) is 18.9 Å². The van der Waals surface area contributed by atoms with Crippen LogP contribution < -0.4 is 0 Å². The van der Waals surface area contributed by atoms with E-state index in [2.05, 4.69) is 25.2 Å². The molecule has 0 aromatic rings. The number of rotatable bonds is 2. The normalized spacial score (nSPS) is 46.8. The lowest BCUT2D eigenvalue weighted by Gasteiger charge is -2.50. The number of aliphatic hydroxyl groups is 3. The molecular formula is C23H36O6. The second-order valence-electron chi connectivity index (χ2n) is 9.34. The van der Waals surface area contributed by atoms with Gasteiger partial charge in [-0.05, 0) is 50.4 Å². The Kier molecular flexibility index (Phi) is 6.88. The molecular weight excluding hydrogens is 372 g/mol. The highest BCUT2D eigenvalue weighted by atomic mass is 16.6. The highest BCUT2D eigenvalue weighted by Crippen LogP contribution is 2.49. The third kappa shape index (κ3) is 4.31. The molecule has 0 amide bonds. The Balaban J connectivity index is 2.05. The fourth-order valence-corrected chi connectivity index (χ4v) is 5.74. The van der Waals surface area contributed by atoms with Crippen molar-refractivity contribution in [2.24, 2.45) is 35.5 Å². The Morgan fingerprint density at radius 3 is 2.45 bits per heavy atom. The molecule has 0 saturated heterocycles. The van der Waals surface area contributed by atoms with Gasteiger partial charge in [0.25, 0.3) is 0 Å². The lowest BCUT2D eigenvalue weighted by atomic mass is 9.58. The van der Waals surface area contributed by atoms with Crippen molar-refractivity contribution in [1.82, 2.24) is 0 Å². The van der Waals surface area contributed by atoms with Crippen LogP contribution in [0.2, 0.25) is 0 Å². The minimum atomic E-state index is -0.805. The van der Waals surface area contributed by atoms with Gasteiger partial charge < -0.3 is 24.8 Å². The maximum atomic E-state index is 12.7. The predicted molar refractivity (Wildman–Crippen MR) is 109 cm³/mol. The van der Waals surface area contributed by atoms with Gasteiger partial charge in [0.05, 0.1) is 18.3 Å². The number of fused-ring (bicyclic) bond motifs is 3. The summed E-state index contributed by atoms with van der Waals surface area (Å²) in [5.74, 6) is -0.696. The highest BCUT2D eigenvalue weighted by molar-refractivity contribution is 5.75. The van der Waals surface area contributed by atoms with Crippen LogP contribution in [0.3, 0.4) is 0 Å². The first-order valence-electron chi connectivity index (χ1n) is 10.8. The fraction of sp³-hybridized carbons (Fsp3) is 0.783. The first-order chi connectivity index (χ1) is 13.6. The summed E-state index contributed by atoms with van der Waals surface area (Å²) in [6, 6.07) is 0. The van der Waals surface area contributed by atoms with E-state index in [9.17, 15) is 20.1 Å². The van der Waals surface area contributed by atoms with Crippen LogP contribution >= 0.6 is 0 Å². The summed E-state index contributed by atoms with van der Waals surface area (Å²) < 4.78 is 11.1. The zero-order valence-electron chi connectivity index (χ0n) is 18.1. The molecule has 0 aromatic heterocycles. The van der Waals surface area contributed by atoms with Crippen molar-refractivity contribution in [1.29, 1.82) is 0 Å². The van der Waals surface area contributed by atoms with E-state index in [4.69, 9.17) is 9.47 Å². The van der Waals surface area contributed by atoms with Crippen LogP contribution in [0.5, 0.6) is 0 Å². The molecule has 29 heavy (non-hydrogen) atoms. The van der Waals surface area contributed by atoms with Crippen LogP contribution in [-0.2, 0) is 14.3 Å². The van der Waals surface area contributed by atoms with Gasteiger partial charge in [0.1, 0.15) is 6.10 Å². The van der Waals surface area contributed by atoms with E-state index < -0.39 is 36.5 Å². The Bertz CT molecular complexity index is 656. The monoisotopic (exact) mass is 408 g/mol. The van der Waals surface area contributed by atoms with Gasteiger partial charge in [-0.25, -0.2) is 4.79 Å². The molecule has 0 bridgehead atoms. The minimum Gasteiger partial charge on any atom is -0.457 e. The smallest absolute Gasteiger partial charge is 0.335 e. The van der Waals surface area contributed by atoms with Gasteiger partial charge in [0.2, 0.25) is 0 Å². The van der Waals surface area contributed by atoms with Crippen molar-refractivity contribution >= 4 is 5.97 Å². The molecule has 1 heterocycles. The molecule has 0 aromatic carbocycles. The highest BCUT2D eigenvalue weighted by Gasteiger charge is 2.49. The molecule has 0 radical (unpaired) electrons. The zero-order chi connectivity index (χ0) is 21.5. The molecule has 11 atom stereocenters. The number of carbonyl (C=O) groups excluding carboxylic acids is 1. The quantitative estimate of drug-likeness (QED) is 0.478. The van der Waals surface area contributed by atoms with Gasteiger partial charge in [-0.1, -0.05) is 37.6 Å². The number of methoxy groups -OCH3 is 1. The molecule has 0 spiro atoms. The first-order valence-corrected chi connectivity index (χ1v) is 10.8. The number of allylic oxidation sites excluding steroid dienone is 3. The SMILES string of the molecule is CO[C@H]1C[C@H]2C=C[C@H]3C[C@H](O)[C@H](C)[C@@H](O)[C@H]3C2C(C)=C[C@@H](C)[C@@H]([C@@H](C)O)OC1=O. The number of hydrogen-bond acceptors (Lipinski definition) is 6. The largest absolute Gasteiger partial charge is 0.457 e. The lowest BCUT2D eigenvalue weighted by Crippen LogP contribution is -2.51. The summed E-state index contributed by atoms with van der Waals surface area (Å²) in [4.78, 5) is 12.7. The topological polar surface area (TPSA) is 96.2 Å². The number of esters is 1. The van der Waals surface area contributed by atoms with Crippen LogP contribution in [-0.4, -0.2) is 58.9 Å². The second kappa shape index (κ2) is 8.88. The molecule has 6 nitrogen and oxygen atoms in total. The molecule has 3 aliphatic rings. The van der Waals surface area contributed by atoms with Crippen molar-refractivity contribution in [2.75, 3.05) is 7.11 Å². The summed E-state index contributed by atoms with van der Waals surface area (Å²) >= 11 is 0.